The van der Waals surface area contributed by atoms with Gasteiger partial charge in [-0.25, -0.2) is 12.7 Å². The van der Waals surface area contributed by atoms with Gasteiger partial charge in [-0.15, -0.1) is 0 Å². The van der Waals surface area contributed by atoms with Gasteiger partial charge in [-0.1, -0.05) is 0 Å². The first kappa shape index (κ1) is 17.0. The Kier molecular flexibility index (Phi) is 4.59. The van der Waals surface area contributed by atoms with Crippen LogP contribution >= 0.6 is 0 Å². The molecule has 0 aromatic carbocycles. The summed E-state index contributed by atoms with van der Waals surface area (Å²) < 4.78 is 62.7. The fourth-order valence-electron chi connectivity index (χ4n) is 3.10. The molecule has 0 saturated carbocycles. The van der Waals surface area contributed by atoms with Crippen LogP contribution in [0.4, 0.5) is 13.2 Å². The lowest BCUT2D eigenvalue weighted by Crippen LogP contribution is -2.48. The maximum atomic E-state index is 12.8. The zero-order valence-corrected chi connectivity index (χ0v) is 12.8. The van der Waals surface area contributed by atoms with E-state index in [4.69, 9.17) is 0 Å². The Morgan fingerprint density at radius 2 is 2.00 bits per heavy atom. The van der Waals surface area contributed by atoms with E-state index in [0.29, 0.717) is 19.6 Å². The average Bonchev–Trinajstić information content (AvgIpc) is 2.71. The first-order chi connectivity index (χ1) is 9.51. The molecule has 2 saturated heterocycles. The molecule has 2 aliphatic rings. The fourth-order valence-corrected chi connectivity index (χ4v) is 4.04. The van der Waals surface area contributed by atoms with Gasteiger partial charge in [-0.2, -0.15) is 13.2 Å². The summed E-state index contributed by atoms with van der Waals surface area (Å²) in [6.45, 7) is 0.975. The summed E-state index contributed by atoms with van der Waals surface area (Å²) in [6, 6.07) is 0. The quantitative estimate of drug-likeness (QED) is 0.826. The predicted molar refractivity (Wildman–Crippen MR) is 71.2 cm³/mol. The van der Waals surface area contributed by atoms with Gasteiger partial charge < -0.3 is 5.11 Å². The summed E-state index contributed by atoms with van der Waals surface area (Å²) in [5.41, 5.74) is -2.63. The van der Waals surface area contributed by atoms with Crippen LogP contribution in [0.15, 0.2) is 0 Å². The highest BCUT2D eigenvalue weighted by atomic mass is 32.2. The van der Waals surface area contributed by atoms with Gasteiger partial charge in [0.05, 0.1) is 6.26 Å². The van der Waals surface area contributed by atoms with Gasteiger partial charge in [-0.05, 0) is 25.2 Å². The highest BCUT2D eigenvalue weighted by Gasteiger charge is 2.57. The number of piperidine rings is 1. The van der Waals surface area contributed by atoms with Crippen LogP contribution in [0, 0.1) is 5.92 Å². The standard InChI is InChI=1S/C12H21F3N2O3S/c1-21(19,20)17-5-2-3-10(8-17)7-16-6-4-11(18,9-16)12(13,14)15/h10,18H,2-9H2,1H3. The third-order valence-corrected chi connectivity index (χ3v) is 5.59. The molecule has 5 nitrogen and oxygen atoms in total. The normalized spacial score (nSPS) is 33.5. The zero-order chi connectivity index (χ0) is 15.9. The van der Waals surface area contributed by atoms with Crippen molar-refractivity contribution in [2.24, 2.45) is 5.92 Å². The molecule has 2 fully saturated rings. The molecule has 0 bridgehead atoms. The van der Waals surface area contributed by atoms with Crippen LogP contribution in [0.25, 0.3) is 0 Å². The molecule has 21 heavy (non-hydrogen) atoms. The fraction of sp³-hybridized carbons (Fsp3) is 1.00. The minimum absolute atomic E-state index is 0.0176. The third kappa shape index (κ3) is 3.88. The summed E-state index contributed by atoms with van der Waals surface area (Å²) in [5, 5.41) is 9.64. The van der Waals surface area contributed by atoms with Crippen LogP contribution in [0.3, 0.4) is 0 Å². The van der Waals surface area contributed by atoms with Crippen molar-refractivity contribution in [2.45, 2.75) is 31.0 Å². The SMILES string of the molecule is CS(=O)(=O)N1CCCC(CN2CCC(O)(C(F)(F)F)C2)C1. The maximum Gasteiger partial charge on any atom is 0.418 e. The second-order valence-corrected chi connectivity index (χ2v) is 8.13. The van der Waals surface area contributed by atoms with Gasteiger partial charge in [0.15, 0.2) is 5.60 Å². The van der Waals surface area contributed by atoms with E-state index in [1.54, 1.807) is 4.90 Å². The summed E-state index contributed by atoms with van der Waals surface area (Å²) in [5.74, 6) is 0.0176. The van der Waals surface area contributed by atoms with E-state index in [2.05, 4.69) is 0 Å². The Morgan fingerprint density at radius 3 is 2.52 bits per heavy atom. The maximum absolute atomic E-state index is 12.8. The second kappa shape index (κ2) is 5.68. The van der Waals surface area contributed by atoms with Gasteiger partial charge in [0.25, 0.3) is 0 Å². The molecule has 0 aromatic heterocycles. The van der Waals surface area contributed by atoms with Crippen molar-refractivity contribution in [3.05, 3.63) is 0 Å². The lowest BCUT2D eigenvalue weighted by Gasteiger charge is -2.33. The summed E-state index contributed by atoms with van der Waals surface area (Å²) in [4.78, 5) is 1.59. The molecule has 2 unspecified atom stereocenters. The molecule has 9 heteroatoms. The largest absolute Gasteiger partial charge is 0.418 e. The van der Waals surface area contributed by atoms with E-state index >= 15 is 0 Å². The number of alkyl halides is 3. The third-order valence-electron chi connectivity index (χ3n) is 4.32. The molecule has 0 spiro atoms. The lowest BCUT2D eigenvalue weighted by molar-refractivity contribution is -0.254. The van der Waals surface area contributed by atoms with Crippen molar-refractivity contribution in [2.75, 3.05) is 39.0 Å². The lowest BCUT2D eigenvalue weighted by atomic mass is 9.99. The molecule has 2 aliphatic heterocycles. The van der Waals surface area contributed by atoms with Gasteiger partial charge in [0.1, 0.15) is 0 Å². The first-order valence-electron chi connectivity index (χ1n) is 6.98. The van der Waals surface area contributed by atoms with E-state index in [-0.39, 0.29) is 18.9 Å². The molecule has 124 valence electrons. The number of likely N-dealkylation sites (tertiary alicyclic amines) is 1. The molecular weight excluding hydrogens is 309 g/mol. The van der Waals surface area contributed by atoms with E-state index in [1.165, 1.54) is 4.31 Å². The van der Waals surface area contributed by atoms with Crippen LogP contribution in [0.5, 0.6) is 0 Å². The molecular formula is C12H21F3N2O3S. The number of sulfonamides is 1. The van der Waals surface area contributed by atoms with Crippen LogP contribution < -0.4 is 0 Å². The Balaban J connectivity index is 1.92. The van der Waals surface area contributed by atoms with Crippen LogP contribution in [-0.2, 0) is 10.0 Å². The number of rotatable bonds is 3. The topological polar surface area (TPSA) is 60.9 Å². The van der Waals surface area contributed by atoms with Crippen molar-refractivity contribution < 1.29 is 26.7 Å². The Morgan fingerprint density at radius 1 is 1.33 bits per heavy atom. The zero-order valence-electron chi connectivity index (χ0n) is 11.9. The Bertz CT molecular complexity index is 483. The van der Waals surface area contributed by atoms with Crippen molar-refractivity contribution in [3.8, 4) is 0 Å². The Labute approximate surface area is 122 Å². The monoisotopic (exact) mass is 330 g/mol. The minimum Gasteiger partial charge on any atom is -0.379 e. The summed E-state index contributed by atoms with van der Waals surface area (Å²) >= 11 is 0. The smallest absolute Gasteiger partial charge is 0.379 e. The van der Waals surface area contributed by atoms with Gasteiger partial charge in [0, 0.05) is 32.7 Å². The van der Waals surface area contributed by atoms with Gasteiger partial charge >= 0.3 is 6.18 Å². The molecule has 0 radical (unpaired) electrons. The molecule has 0 aromatic rings. The number of halogens is 3. The minimum atomic E-state index is -4.62. The van der Waals surface area contributed by atoms with E-state index in [1.807, 2.05) is 0 Å². The van der Waals surface area contributed by atoms with Crippen molar-refractivity contribution in [1.29, 1.82) is 0 Å². The first-order valence-corrected chi connectivity index (χ1v) is 8.83. The van der Waals surface area contributed by atoms with E-state index in [0.717, 1.165) is 19.1 Å². The highest BCUT2D eigenvalue weighted by Crippen LogP contribution is 2.38. The highest BCUT2D eigenvalue weighted by molar-refractivity contribution is 7.88. The van der Waals surface area contributed by atoms with Crippen molar-refractivity contribution in [1.82, 2.24) is 9.21 Å². The van der Waals surface area contributed by atoms with Gasteiger partial charge in [0.2, 0.25) is 10.0 Å². The van der Waals surface area contributed by atoms with E-state index in [9.17, 15) is 26.7 Å². The van der Waals surface area contributed by atoms with Crippen molar-refractivity contribution in [3.63, 3.8) is 0 Å². The number of nitrogens with zero attached hydrogens (tertiary/aromatic N) is 2. The molecule has 0 amide bonds. The van der Waals surface area contributed by atoms with Crippen LogP contribution in [0.1, 0.15) is 19.3 Å². The summed E-state index contributed by atoms with van der Waals surface area (Å²) in [6.07, 6.45) is -2.28. The molecule has 2 rings (SSSR count). The van der Waals surface area contributed by atoms with Crippen LogP contribution in [-0.4, -0.2) is 73.5 Å². The Hall–Kier alpha value is -0.380. The molecule has 0 aliphatic carbocycles. The van der Waals surface area contributed by atoms with Crippen LogP contribution in [0.2, 0.25) is 0 Å². The molecule has 2 atom stereocenters. The second-order valence-electron chi connectivity index (χ2n) is 6.14. The summed E-state index contributed by atoms with van der Waals surface area (Å²) in [7, 11) is -3.25. The molecule has 1 N–H and O–H groups in total. The van der Waals surface area contributed by atoms with Gasteiger partial charge in [-0.3, -0.25) is 4.90 Å². The number of aliphatic hydroxyl groups is 1. The number of hydrogen-bond donors (Lipinski definition) is 1. The average molecular weight is 330 g/mol. The van der Waals surface area contributed by atoms with E-state index < -0.39 is 28.3 Å². The number of β-amino-alcohol motifs (C(OH)–C–C–N with tert-alkyl or cyclic N) is 1. The van der Waals surface area contributed by atoms with Crippen molar-refractivity contribution >= 4 is 10.0 Å². The number of hydrogen-bond acceptors (Lipinski definition) is 4. The molecule has 2 heterocycles. The predicted octanol–water partition coefficient (Wildman–Crippen LogP) is 0.657.